The summed E-state index contributed by atoms with van der Waals surface area (Å²) in [6.45, 7) is 3.70. The SMILES string of the molecule is C/C(=C/C1=CC=C(c2cc([N+](=O)[O-])ccc2C)CO1)C(=O)N(C(=S)N(C=O)c1ccccc1)c1ccccc1. The molecule has 1 aliphatic heterocycles. The minimum Gasteiger partial charge on any atom is -0.489 e. The van der Waals surface area contributed by atoms with Crippen LogP contribution in [0, 0.1) is 17.0 Å². The van der Waals surface area contributed by atoms with Gasteiger partial charge in [-0.15, -0.1) is 0 Å². The number of non-ortho nitro benzene ring substituents is 1. The van der Waals surface area contributed by atoms with Crippen LogP contribution in [0.1, 0.15) is 18.1 Å². The maximum atomic E-state index is 13.7. The van der Waals surface area contributed by atoms with Crippen LogP contribution in [0.5, 0.6) is 0 Å². The number of carbonyl (C=O) groups is 2. The molecule has 0 aliphatic carbocycles. The number of amides is 2. The third-order valence-electron chi connectivity index (χ3n) is 6.07. The Bertz CT molecular complexity index is 1510. The summed E-state index contributed by atoms with van der Waals surface area (Å²) >= 11 is 5.64. The Morgan fingerprint density at radius 3 is 2.21 bits per heavy atom. The number of nitrogens with zero attached hydrogens (tertiary/aromatic N) is 3. The van der Waals surface area contributed by atoms with E-state index >= 15 is 0 Å². The summed E-state index contributed by atoms with van der Waals surface area (Å²) in [6.07, 6.45) is 5.71. The first kappa shape index (κ1) is 27.2. The maximum Gasteiger partial charge on any atom is 0.270 e. The quantitative estimate of drug-likeness (QED) is 0.118. The Morgan fingerprint density at radius 1 is 1.00 bits per heavy atom. The second-order valence-electron chi connectivity index (χ2n) is 8.70. The van der Waals surface area contributed by atoms with Crippen LogP contribution < -0.4 is 9.80 Å². The van der Waals surface area contributed by atoms with Gasteiger partial charge in [0.25, 0.3) is 11.6 Å². The van der Waals surface area contributed by atoms with Crippen molar-refractivity contribution in [1.29, 1.82) is 0 Å². The van der Waals surface area contributed by atoms with Crippen LogP contribution in [0.3, 0.4) is 0 Å². The van der Waals surface area contributed by atoms with Crippen molar-refractivity contribution in [3.63, 3.8) is 0 Å². The fraction of sp³-hybridized carbons (Fsp3) is 0.100. The van der Waals surface area contributed by atoms with Crippen molar-refractivity contribution in [3.05, 3.63) is 130 Å². The van der Waals surface area contributed by atoms with Gasteiger partial charge in [0.2, 0.25) is 6.41 Å². The minimum absolute atomic E-state index is 0.00187. The molecule has 0 atom stereocenters. The van der Waals surface area contributed by atoms with E-state index in [9.17, 15) is 19.7 Å². The molecule has 2 amide bonds. The van der Waals surface area contributed by atoms with Crippen LogP contribution >= 0.6 is 12.2 Å². The summed E-state index contributed by atoms with van der Waals surface area (Å²) in [4.78, 5) is 39.1. The van der Waals surface area contributed by atoms with Crippen molar-refractivity contribution in [2.24, 2.45) is 0 Å². The minimum atomic E-state index is -0.432. The van der Waals surface area contributed by atoms with Gasteiger partial charge in [-0.3, -0.25) is 29.5 Å². The van der Waals surface area contributed by atoms with Gasteiger partial charge in [0.15, 0.2) is 5.11 Å². The molecule has 0 N–H and O–H groups in total. The standard InChI is InChI=1S/C30H25N3O5S/c1-21-13-15-26(33(36)37)18-28(21)23-14-16-27(38-19-23)17-22(2)29(35)32(25-11-7-4-8-12-25)30(39)31(20-34)24-9-5-3-6-10-24/h3-18,20H,19H2,1-2H3/b22-17-. The lowest BCUT2D eigenvalue weighted by Crippen LogP contribution is -2.46. The normalized spacial score (nSPS) is 12.9. The number of benzene rings is 3. The average molecular weight is 540 g/mol. The predicted molar refractivity (Wildman–Crippen MR) is 155 cm³/mol. The monoisotopic (exact) mass is 539 g/mol. The molecule has 39 heavy (non-hydrogen) atoms. The number of nitro benzene ring substituents is 1. The summed E-state index contributed by atoms with van der Waals surface area (Å²) in [5, 5.41) is 11.2. The Labute approximate surface area is 231 Å². The number of thiocarbonyl (C=S) groups is 1. The van der Waals surface area contributed by atoms with Crippen LogP contribution in [-0.4, -0.2) is 29.0 Å². The van der Waals surface area contributed by atoms with Gasteiger partial charge in [0.1, 0.15) is 12.4 Å². The van der Waals surface area contributed by atoms with E-state index in [1.54, 1.807) is 73.7 Å². The van der Waals surface area contributed by atoms with Crippen molar-refractivity contribution in [3.8, 4) is 0 Å². The number of anilines is 2. The van der Waals surface area contributed by atoms with E-state index in [0.29, 0.717) is 29.1 Å². The van der Waals surface area contributed by atoms with Gasteiger partial charge >= 0.3 is 0 Å². The predicted octanol–water partition coefficient (Wildman–Crippen LogP) is 6.13. The van der Waals surface area contributed by atoms with Gasteiger partial charge in [-0.05, 0) is 79.2 Å². The van der Waals surface area contributed by atoms with Crippen molar-refractivity contribution in [2.45, 2.75) is 13.8 Å². The van der Waals surface area contributed by atoms with Crippen molar-refractivity contribution in [1.82, 2.24) is 0 Å². The van der Waals surface area contributed by atoms with Gasteiger partial charge in [0, 0.05) is 17.7 Å². The van der Waals surface area contributed by atoms with Gasteiger partial charge in [-0.25, -0.2) is 0 Å². The number of allylic oxidation sites excluding steroid dienone is 3. The van der Waals surface area contributed by atoms with Crippen LogP contribution in [0.15, 0.2) is 108 Å². The zero-order chi connectivity index (χ0) is 27.9. The molecule has 0 spiro atoms. The molecule has 0 unspecified atom stereocenters. The summed E-state index contributed by atoms with van der Waals surface area (Å²) in [5.41, 5.74) is 3.77. The number of rotatable bonds is 7. The average Bonchev–Trinajstić information content (AvgIpc) is 2.95. The van der Waals surface area contributed by atoms with Crippen molar-refractivity contribution < 1.29 is 19.2 Å². The zero-order valence-corrected chi connectivity index (χ0v) is 22.1. The van der Waals surface area contributed by atoms with Crippen LogP contribution in [0.25, 0.3) is 5.57 Å². The van der Waals surface area contributed by atoms with Gasteiger partial charge in [-0.2, -0.15) is 0 Å². The zero-order valence-electron chi connectivity index (χ0n) is 21.3. The van der Waals surface area contributed by atoms with E-state index < -0.39 is 10.8 Å². The number of aryl methyl sites for hydroxylation is 1. The first-order chi connectivity index (χ1) is 18.8. The highest BCUT2D eigenvalue weighted by molar-refractivity contribution is 7.81. The molecule has 9 heteroatoms. The molecule has 196 valence electrons. The highest BCUT2D eigenvalue weighted by atomic mass is 32.1. The molecule has 8 nitrogen and oxygen atoms in total. The molecular weight excluding hydrogens is 514 g/mol. The first-order valence-corrected chi connectivity index (χ1v) is 12.4. The van der Waals surface area contributed by atoms with Gasteiger partial charge < -0.3 is 4.74 Å². The number of hydrogen-bond donors (Lipinski definition) is 0. The summed E-state index contributed by atoms with van der Waals surface area (Å²) in [5.74, 6) is 0.0182. The number of nitro groups is 1. The molecule has 4 rings (SSSR count). The molecule has 1 heterocycles. The second kappa shape index (κ2) is 12.1. The van der Waals surface area contributed by atoms with Crippen molar-refractivity contribution >= 4 is 52.3 Å². The molecule has 3 aromatic carbocycles. The molecule has 0 radical (unpaired) electrons. The van der Waals surface area contributed by atoms with Crippen molar-refractivity contribution in [2.75, 3.05) is 16.4 Å². The fourth-order valence-electron chi connectivity index (χ4n) is 4.02. The van der Waals surface area contributed by atoms with E-state index in [1.165, 1.54) is 21.9 Å². The molecule has 0 saturated carbocycles. The molecule has 0 bridgehead atoms. The van der Waals surface area contributed by atoms with E-state index in [2.05, 4.69) is 0 Å². The summed E-state index contributed by atoms with van der Waals surface area (Å²) in [7, 11) is 0. The Kier molecular flexibility index (Phi) is 8.43. The molecule has 0 fully saturated rings. The summed E-state index contributed by atoms with van der Waals surface area (Å²) < 4.78 is 5.88. The fourth-order valence-corrected chi connectivity index (χ4v) is 4.36. The summed E-state index contributed by atoms with van der Waals surface area (Å²) in [6, 6.07) is 22.4. The van der Waals surface area contributed by atoms with E-state index in [0.717, 1.165) is 16.7 Å². The smallest absolute Gasteiger partial charge is 0.270 e. The second-order valence-corrected chi connectivity index (χ2v) is 9.07. The van der Waals surface area contributed by atoms with Crippen LogP contribution in [0.4, 0.5) is 17.1 Å². The largest absolute Gasteiger partial charge is 0.489 e. The van der Waals surface area contributed by atoms with E-state index in [4.69, 9.17) is 17.0 Å². The molecule has 0 aromatic heterocycles. The van der Waals surface area contributed by atoms with Crippen LogP contribution in [0.2, 0.25) is 0 Å². The highest BCUT2D eigenvalue weighted by Crippen LogP contribution is 2.28. The number of ether oxygens (including phenoxy) is 1. The number of hydrogen-bond acceptors (Lipinski definition) is 6. The molecule has 0 saturated heterocycles. The Morgan fingerprint density at radius 2 is 1.64 bits per heavy atom. The molecule has 1 aliphatic rings. The molecule has 3 aromatic rings. The third kappa shape index (κ3) is 6.16. The lowest BCUT2D eigenvalue weighted by atomic mass is 9.99. The lowest BCUT2D eigenvalue weighted by molar-refractivity contribution is -0.384. The number of para-hydroxylation sites is 2. The lowest BCUT2D eigenvalue weighted by Gasteiger charge is -2.29. The molecular formula is C30H25N3O5S. The Hall–Kier alpha value is -4.89. The maximum absolute atomic E-state index is 13.7. The number of carbonyl (C=O) groups excluding carboxylic acids is 2. The highest BCUT2D eigenvalue weighted by Gasteiger charge is 2.27. The van der Waals surface area contributed by atoms with E-state index in [1.807, 2.05) is 25.1 Å². The van der Waals surface area contributed by atoms with Gasteiger partial charge in [-0.1, -0.05) is 48.5 Å². The van der Waals surface area contributed by atoms with Crippen LogP contribution in [-0.2, 0) is 14.3 Å². The third-order valence-corrected chi connectivity index (χ3v) is 6.45. The first-order valence-electron chi connectivity index (χ1n) is 12.0. The van der Waals surface area contributed by atoms with E-state index in [-0.39, 0.29) is 17.4 Å². The topological polar surface area (TPSA) is 93.0 Å². The Balaban J connectivity index is 1.63. The van der Waals surface area contributed by atoms with Gasteiger partial charge in [0.05, 0.1) is 16.3 Å².